The average Bonchev–Trinajstić information content (AvgIpc) is 2.82. The van der Waals surface area contributed by atoms with Crippen molar-refractivity contribution < 1.29 is 13.9 Å². The van der Waals surface area contributed by atoms with Crippen molar-refractivity contribution >= 4 is 5.97 Å². The van der Waals surface area contributed by atoms with Gasteiger partial charge in [0.15, 0.2) is 5.69 Å². The van der Waals surface area contributed by atoms with Crippen LogP contribution in [0.1, 0.15) is 42.5 Å². The molecule has 0 aliphatic rings. The zero-order chi connectivity index (χ0) is 15.8. The molecule has 0 atom stereocenters. The molecule has 5 heteroatoms. The van der Waals surface area contributed by atoms with Crippen molar-refractivity contribution in [2.24, 2.45) is 0 Å². The van der Waals surface area contributed by atoms with Crippen molar-refractivity contribution in [3.63, 3.8) is 0 Å². The summed E-state index contributed by atoms with van der Waals surface area (Å²) in [5.74, 6) is -0.784. The molecule has 2 rings (SSSR count). The molecule has 0 fully saturated rings. The first-order chi connectivity index (χ1) is 9.74. The minimum absolute atomic E-state index is 0.222. The van der Waals surface area contributed by atoms with Gasteiger partial charge in [-0.2, -0.15) is 5.10 Å². The molecule has 4 nitrogen and oxygen atoms in total. The topological polar surface area (TPSA) is 44.1 Å². The number of esters is 1. The van der Waals surface area contributed by atoms with E-state index in [2.05, 4.69) is 5.10 Å². The highest BCUT2D eigenvalue weighted by Gasteiger charge is 2.25. The summed E-state index contributed by atoms with van der Waals surface area (Å²) in [4.78, 5) is 11.7. The summed E-state index contributed by atoms with van der Waals surface area (Å²) in [6.07, 6.45) is 0. The zero-order valence-corrected chi connectivity index (χ0v) is 12.9. The van der Waals surface area contributed by atoms with Crippen LogP contribution in [-0.4, -0.2) is 22.9 Å². The van der Waals surface area contributed by atoms with Crippen LogP contribution < -0.4 is 0 Å². The number of hydrogen-bond donors (Lipinski definition) is 0. The van der Waals surface area contributed by atoms with Crippen LogP contribution in [0.4, 0.5) is 4.39 Å². The SMILES string of the molecule is COC(=O)c1cc(C(C)(C)C)n(-c2ccc(F)cc2C)n1. The molecule has 0 saturated carbocycles. The average molecular weight is 290 g/mol. The molecule has 1 aromatic carbocycles. The fraction of sp³-hybridized carbons (Fsp3) is 0.375. The van der Waals surface area contributed by atoms with Crippen LogP contribution in [0.25, 0.3) is 5.69 Å². The van der Waals surface area contributed by atoms with Crippen LogP contribution in [0, 0.1) is 12.7 Å². The molecule has 0 bridgehead atoms. The molecule has 0 amide bonds. The van der Waals surface area contributed by atoms with Gasteiger partial charge in [-0.25, -0.2) is 13.9 Å². The largest absolute Gasteiger partial charge is 0.464 e. The Bertz CT molecular complexity index is 684. The molecular formula is C16H19FN2O2. The first-order valence-corrected chi connectivity index (χ1v) is 6.69. The van der Waals surface area contributed by atoms with E-state index in [0.29, 0.717) is 0 Å². The summed E-state index contributed by atoms with van der Waals surface area (Å²) in [7, 11) is 1.32. The lowest BCUT2D eigenvalue weighted by Crippen LogP contribution is -2.18. The summed E-state index contributed by atoms with van der Waals surface area (Å²) in [5, 5.41) is 4.33. The predicted molar refractivity (Wildman–Crippen MR) is 78.3 cm³/mol. The first-order valence-electron chi connectivity index (χ1n) is 6.69. The third-order valence-corrected chi connectivity index (χ3v) is 3.26. The number of benzene rings is 1. The maximum absolute atomic E-state index is 13.3. The molecule has 1 aromatic heterocycles. The van der Waals surface area contributed by atoms with Crippen molar-refractivity contribution in [1.82, 2.24) is 9.78 Å². The van der Waals surface area contributed by atoms with Gasteiger partial charge in [0, 0.05) is 5.41 Å². The van der Waals surface area contributed by atoms with Crippen LogP contribution in [0.15, 0.2) is 24.3 Å². The summed E-state index contributed by atoms with van der Waals surface area (Å²) >= 11 is 0. The first kappa shape index (κ1) is 15.2. The number of nitrogens with zero attached hydrogens (tertiary/aromatic N) is 2. The fourth-order valence-electron chi connectivity index (χ4n) is 2.16. The summed E-state index contributed by atoms with van der Waals surface area (Å²) < 4.78 is 19.7. The second kappa shape index (κ2) is 5.31. The van der Waals surface area contributed by atoms with Crippen LogP contribution in [0.2, 0.25) is 0 Å². The van der Waals surface area contributed by atoms with Crippen LogP contribution in [-0.2, 0) is 10.2 Å². The van der Waals surface area contributed by atoms with Crippen LogP contribution >= 0.6 is 0 Å². The van der Waals surface area contributed by atoms with Gasteiger partial charge in [0.2, 0.25) is 0 Å². The Labute approximate surface area is 123 Å². The van der Waals surface area contributed by atoms with Gasteiger partial charge >= 0.3 is 5.97 Å². The Morgan fingerprint density at radius 2 is 1.95 bits per heavy atom. The third kappa shape index (κ3) is 2.96. The highest BCUT2D eigenvalue weighted by Crippen LogP contribution is 2.27. The fourth-order valence-corrected chi connectivity index (χ4v) is 2.16. The minimum atomic E-state index is -0.487. The predicted octanol–water partition coefficient (Wildman–Crippen LogP) is 3.40. The monoisotopic (exact) mass is 290 g/mol. The van der Waals surface area contributed by atoms with Gasteiger partial charge < -0.3 is 4.74 Å². The molecule has 0 aliphatic carbocycles. The van der Waals surface area contributed by atoms with E-state index in [1.807, 2.05) is 27.7 Å². The van der Waals surface area contributed by atoms with Crippen molar-refractivity contribution in [3.05, 3.63) is 47.0 Å². The van der Waals surface area contributed by atoms with Gasteiger partial charge in [-0.15, -0.1) is 0 Å². The van der Waals surface area contributed by atoms with Gasteiger partial charge in [0.25, 0.3) is 0 Å². The Morgan fingerprint density at radius 1 is 1.29 bits per heavy atom. The Kier molecular flexibility index (Phi) is 3.85. The van der Waals surface area contributed by atoms with E-state index in [9.17, 15) is 9.18 Å². The molecular weight excluding hydrogens is 271 g/mol. The normalized spacial score (nSPS) is 11.5. The van der Waals surface area contributed by atoms with Gasteiger partial charge in [0.05, 0.1) is 18.5 Å². The van der Waals surface area contributed by atoms with Crippen molar-refractivity contribution in [3.8, 4) is 5.69 Å². The lowest BCUT2D eigenvalue weighted by atomic mass is 9.91. The number of aryl methyl sites for hydroxylation is 1. The number of hydrogen-bond acceptors (Lipinski definition) is 3. The Hall–Kier alpha value is -2.17. The van der Waals surface area contributed by atoms with E-state index in [0.717, 1.165) is 16.9 Å². The molecule has 0 spiro atoms. The van der Waals surface area contributed by atoms with Crippen LogP contribution in [0.3, 0.4) is 0 Å². The van der Waals surface area contributed by atoms with E-state index in [4.69, 9.17) is 4.74 Å². The number of rotatable bonds is 2. The number of halogens is 1. The second-order valence-corrected chi connectivity index (χ2v) is 6.00. The van der Waals surface area contributed by atoms with E-state index < -0.39 is 5.97 Å². The number of aromatic nitrogens is 2. The second-order valence-electron chi connectivity index (χ2n) is 6.00. The minimum Gasteiger partial charge on any atom is -0.464 e. The van der Waals surface area contributed by atoms with Crippen LogP contribution in [0.5, 0.6) is 0 Å². The molecule has 112 valence electrons. The quantitative estimate of drug-likeness (QED) is 0.796. The summed E-state index contributed by atoms with van der Waals surface area (Å²) in [6, 6.07) is 6.21. The molecule has 0 N–H and O–H groups in total. The summed E-state index contributed by atoms with van der Waals surface area (Å²) in [6.45, 7) is 7.89. The molecule has 0 radical (unpaired) electrons. The molecule has 0 aliphatic heterocycles. The maximum atomic E-state index is 13.3. The van der Waals surface area contributed by atoms with Crippen molar-refractivity contribution in [2.75, 3.05) is 7.11 Å². The van der Waals surface area contributed by atoms with Gasteiger partial charge in [-0.05, 0) is 36.8 Å². The van der Waals surface area contributed by atoms with Gasteiger partial charge in [-0.1, -0.05) is 20.8 Å². The molecule has 2 aromatic rings. The molecule has 21 heavy (non-hydrogen) atoms. The third-order valence-electron chi connectivity index (χ3n) is 3.26. The standard InChI is InChI=1S/C16H19FN2O2/c1-10-8-11(17)6-7-13(10)19-14(16(2,3)4)9-12(18-19)15(20)21-5/h6-9H,1-5H3. The molecule has 1 heterocycles. The number of methoxy groups -OCH3 is 1. The van der Waals surface area contributed by atoms with E-state index >= 15 is 0 Å². The Morgan fingerprint density at radius 3 is 2.48 bits per heavy atom. The van der Waals surface area contributed by atoms with Gasteiger partial charge in [-0.3, -0.25) is 0 Å². The highest BCUT2D eigenvalue weighted by molar-refractivity contribution is 5.87. The smallest absolute Gasteiger partial charge is 0.358 e. The van der Waals surface area contributed by atoms with Crippen molar-refractivity contribution in [2.45, 2.75) is 33.1 Å². The number of ether oxygens (including phenoxy) is 1. The van der Waals surface area contributed by atoms with E-state index in [1.165, 1.54) is 19.2 Å². The van der Waals surface area contributed by atoms with E-state index in [-0.39, 0.29) is 16.9 Å². The van der Waals surface area contributed by atoms with Gasteiger partial charge in [0.1, 0.15) is 5.82 Å². The number of carbonyl (C=O) groups is 1. The summed E-state index contributed by atoms with van der Waals surface area (Å²) in [5.41, 5.74) is 2.38. The zero-order valence-electron chi connectivity index (χ0n) is 12.9. The molecule has 0 saturated heterocycles. The van der Waals surface area contributed by atoms with E-state index in [1.54, 1.807) is 16.8 Å². The number of carbonyl (C=O) groups excluding carboxylic acids is 1. The lowest BCUT2D eigenvalue weighted by molar-refractivity contribution is 0.0593. The lowest BCUT2D eigenvalue weighted by Gasteiger charge is -2.21. The maximum Gasteiger partial charge on any atom is 0.358 e. The molecule has 0 unspecified atom stereocenters. The highest BCUT2D eigenvalue weighted by atomic mass is 19.1. The Balaban J connectivity index is 2.66. The van der Waals surface area contributed by atoms with Crippen molar-refractivity contribution in [1.29, 1.82) is 0 Å².